The van der Waals surface area contributed by atoms with Crippen molar-refractivity contribution in [3.8, 4) is 22.8 Å². The normalized spacial score (nSPS) is 10.8. The molecule has 0 atom stereocenters. The van der Waals surface area contributed by atoms with Crippen LogP contribution in [0.1, 0.15) is 16.2 Å². The van der Waals surface area contributed by atoms with Crippen LogP contribution in [0.2, 0.25) is 5.02 Å². The highest BCUT2D eigenvalue weighted by molar-refractivity contribution is 6.30. The third kappa shape index (κ3) is 4.04. The molecule has 2 heterocycles. The fourth-order valence-corrected chi connectivity index (χ4v) is 3.04. The van der Waals surface area contributed by atoms with E-state index in [1.165, 1.54) is 14.2 Å². The Kier molecular flexibility index (Phi) is 5.49. The van der Waals surface area contributed by atoms with Gasteiger partial charge in [0.2, 0.25) is 0 Å². The molecule has 1 amide bonds. The molecular weight excluding hydrogens is 406 g/mol. The summed E-state index contributed by atoms with van der Waals surface area (Å²) in [4.78, 5) is 12.6. The van der Waals surface area contributed by atoms with Gasteiger partial charge in [-0.2, -0.15) is 9.61 Å². The molecule has 0 saturated carbocycles. The van der Waals surface area contributed by atoms with Crippen molar-refractivity contribution < 1.29 is 14.3 Å². The summed E-state index contributed by atoms with van der Waals surface area (Å²) in [5, 5.41) is 16.3. The van der Waals surface area contributed by atoms with Gasteiger partial charge < -0.3 is 14.8 Å². The summed E-state index contributed by atoms with van der Waals surface area (Å²) in [6, 6.07) is 16.0. The number of rotatable bonds is 6. The fraction of sp³-hybridized carbons (Fsp3) is 0.143. The lowest BCUT2D eigenvalue weighted by atomic mass is 10.1. The summed E-state index contributed by atoms with van der Waals surface area (Å²) in [5.41, 5.74) is 2.65. The quantitative estimate of drug-likeness (QED) is 0.511. The fourth-order valence-electron chi connectivity index (χ4n) is 2.92. The lowest BCUT2D eigenvalue weighted by Crippen LogP contribution is -2.24. The third-order valence-electron chi connectivity index (χ3n) is 4.49. The maximum absolute atomic E-state index is 12.6. The van der Waals surface area contributed by atoms with Crippen LogP contribution in [0.25, 0.3) is 16.9 Å². The first-order chi connectivity index (χ1) is 14.6. The Bertz CT molecular complexity index is 1180. The van der Waals surface area contributed by atoms with Crippen LogP contribution in [0.15, 0.2) is 54.6 Å². The summed E-state index contributed by atoms with van der Waals surface area (Å²) in [5.74, 6) is 1.27. The van der Waals surface area contributed by atoms with Gasteiger partial charge in [0.15, 0.2) is 11.5 Å². The van der Waals surface area contributed by atoms with Crippen LogP contribution in [0.4, 0.5) is 0 Å². The molecule has 4 rings (SSSR count). The Morgan fingerprint density at radius 1 is 1.00 bits per heavy atom. The van der Waals surface area contributed by atoms with E-state index in [4.69, 9.17) is 21.1 Å². The molecule has 0 bridgehead atoms. The number of fused-ring (bicyclic) bond motifs is 1. The molecule has 2 aromatic heterocycles. The minimum absolute atomic E-state index is 0.149. The molecule has 4 aromatic rings. The number of hydrogen-bond donors (Lipinski definition) is 1. The molecule has 2 aromatic carbocycles. The number of aromatic nitrogens is 4. The number of benzene rings is 2. The average molecular weight is 424 g/mol. The second kappa shape index (κ2) is 8.38. The van der Waals surface area contributed by atoms with Crippen LogP contribution in [-0.2, 0) is 6.54 Å². The monoisotopic (exact) mass is 423 g/mol. The van der Waals surface area contributed by atoms with E-state index in [0.29, 0.717) is 33.6 Å². The minimum Gasteiger partial charge on any atom is -0.497 e. The Morgan fingerprint density at radius 3 is 2.37 bits per heavy atom. The Hall–Kier alpha value is -3.65. The first kappa shape index (κ1) is 19.7. The molecule has 0 fully saturated rings. The van der Waals surface area contributed by atoms with Gasteiger partial charge in [-0.3, -0.25) is 4.79 Å². The van der Waals surface area contributed by atoms with Gasteiger partial charge in [0, 0.05) is 22.2 Å². The maximum Gasteiger partial charge on any atom is 0.251 e. The van der Waals surface area contributed by atoms with Gasteiger partial charge in [0.25, 0.3) is 5.91 Å². The van der Waals surface area contributed by atoms with Crippen molar-refractivity contribution in [1.82, 2.24) is 25.1 Å². The Balaban J connectivity index is 1.56. The second-order valence-electron chi connectivity index (χ2n) is 6.40. The predicted molar refractivity (Wildman–Crippen MR) is 112 cm³/mol. The van der Waals surface area contributed by atoms with Crippen molar-refractivity contribution in [3.63, 3.8) is 0 Å². The van der Waals surface area contributed by atoms with Gasteiger partial charge in [0.05, 0.1) is 26.5 Å². The van der Waals surface area contributed by atoms with E-state index in [2.05, 4.69) is 20.6 Å². The zero-order chi connectivity index (χ0) is 21.1. The van der Waals surface area contributed by atoms with Gasteiger partial charge in [-0.15, -0.1) is 10.2 Å². The van der Waals surface area contributed by atoms with Gasteiger partial charge in [-0.1, -0.05) is 23.7 Å². The molecule has 0 aliphatic rings. The largest absolute Gasteiger partial charge is 0.497 e. The summed E-state index contributed by atoms with van der Waals surface area (Å²) >= 11 is 5.96. The van der Waals surface area contributed by atoms with Crippen LogP contribution < -0.4 is 14.8 Å². The van der Waals surface area contributed by atoms with Crippen molar-refractivity contribution in [2.45, 2.75) is 6.54 Å². The van der Waals surface area contributed by atoms with Crippen molar-refractivity contribution in [2.75, 3.05) is 14.2 Å². The second-order valence-corrected chi connectivity index (χ2v) is 6.83. The molecule has 152 valence electrons. The van der Waals surface area contributed by atoms with Crippen molar-refractivity contribution in [2.24, 2.45) is 0 Å². The van der Waals surface area contributed by atoms with Crippen LogP contribution in [0.3, 0.4) is 0 Å². The van der Waals surface area contributed by atoms with Crippen LogP contribution in [0, 0.1) is 0 Å². The first-order valence-electron chi connectivity index (χ1n) is 9.06. The average Bonchev–Trinajstić information content (AvgIpc) is 3.19. The van der Waals surface area contributed by atoms with Gasteiger partial charge in [-0.05, 0) is 36.4 Å². The van der Waals surface area contributed by atoms with Gasteiger partial charge in [-0.25, -0.2) is 0 Å². The highest BCUT2D eigenvalue weighted by atomic mass is 35.5. The third-order valence-corrected chi connectivity index (χ3v) is 4.74. The molecule has 30 heavy (non-hydrogen) atoms. The number of carbonyl (C=O) groups is 1. The highest BCUT2D eigenvalue weighted by Crippen LogP contribution is 2.23. The van der Waals surface area contributed by atoms with Gasteiger partial charge in [0.1, 0.15) is 11.5 Å². The van der Waals surface area contributed by atoms with Crippen LogP contribution in [-0.4, -0.2) is 39.9 Å². The lowest BCUT2D eigenvalue weighted by molar-refractivity contribution is 0.0949. The molecule has 0 saturated heterocycles. The first-order valence-corrected chi connectivity index (χ1v) is 9.44. The Labute approximate surface area is 177 Å². The number of carbonyl (C=O) groups excluding carboxylic acids is 1. The number of amides is 1. The number of nitrogens with zero attached hydrogens (tertiary/aromatic N) is 4. The van der Waals surface area contributed by atoms with E-state index in [1.54, 1.807) is 34.8 Å². The van der Waals surface area contributed by atoms with E-state index >= 15 is 0 Å². The molecule has 0 spiro atoms. The predicted octanol–water partition coefficient (Wildman–Crippen LogP) is 3.39. The molecule has 1 N–H and O–H groups in total. The zero-order valence-electron chi connectivity index (χ0n) is 16.3. The summed E-state index contributed by atoms with van der Waals surface area (Å²) in [6.45, 7) is 0.149. The highest BCUT2D eigenvalue weighted by Gasteiger charge is 2.13. The summed E-state index contributed by atoms with van der Waals surface area (Å²) in [6.07, 6.45) is 0. The molecule has 8 nitrogen and oxygen atoms in total. The van der Waals surface area contributed by atoms with E-state index in [1.807, 2.05) is 24.3 Å². The standard InChI is InChI=1S/C21H18ClN5O3/c1-29-16-9-14(10-17(11-16)30-2)21(28)23-12-20-25-24-19-8-7-18(26-27(19)20)13-3-5-15(22)6-4-13/h3-11H,12H2,1-2H3,(H,23,28). The SMILES string of the molecule is COc1cc(OC)cc(C(=O)NCc2nnc3ccc(-c4ccc(Cl)cc4)nn23)c1. The molecule has 0 aliphatic carbocycles. The number of ether oxygens (including phenoxy) is 2. The van der Waals surface area contributed by atoms with Gasteiger partial charge >= 0.3 is 0 Å². The zero-order valence-corrected chi connectivity index (χ0v) is 17.1. The van der Waals surface area contributed by atoms with Crippen molar-refractivity contribution >= 4 is 23.2 Å². The number of methoxy groups -OCH3 is 2. The lowest BCUT2D eigenvalue weighted by Gasteiger charge is -2.09. The molecule has 0 unspecified atom stereocenters. The maximum atomic E-state index is 12.6. The molecule has 9 heteroatoms. The van der Waals surface area contributed by atoms with E-state index in [9.17, 15) is 4.79 Å². The van der Waals surface area contributed by atoms with Crippen molar-refractivity contribution in [3.05, 3.63) is 71.0 Å². The molecule has 0 aliphatic heterocycles. The molecular formula is C21H18ClN5O3. The van der Waals surface area contributed by atoms with E-state index < -0.39 is 0 Å². The van der Waals surface area contributed by atoms with Crippen LogP contribution >= 0.6 is 11.6 Å². The number of halogens is 1. The van der Waals surface area contributed by atoms with Crippen molar-refractivity contribution in [1.29, 1.82) is 0 Å². The number of hydrogen-bond acceptors (Lipinski definition) is 6. The van der Waals surface area contributed by atoms with E-state index in [0.717, 1.165) is 11.3 Å². The number of nitrogens with one attached hydrogen (secondary N) is 1. The summed E-state index contributed by atoms with van der Waals surface area (Å²) < 4.78 is 12.0. The van der Waals surface area contributed by atoms with Crippen LogP contribution in [0.5, 0.6) is 11.5 Å². The summed E-state index contributed by atoms with van der Waals surface area (Å²) in [7, 11) is 3.06. The smallest absolute Gasteiger partial charge is 0.251 e. The van der Waals surface area contributed by atoms with E-state index in [-0.39, 0.29) is 12.5 Å². The Morgan fingerprint density at radius 2 is 1.70 bits per heavy atom. The topological polar surface area (TPSA) is 90.6 Å². The minimum atomic E-state index is -0.294. The molecule has 0 radical (unpaired) electrons.